The van der Waals surface area contributed by atoms with Crippen molar-refractivity contribution in [2.75, 3.05) is 18.0 Å². The Balaban J connectivity index is 1.84. The van der Waals surface area contributed by atoms with Gasteiger partial charge >= 0.3 is 0 Å². The number of sulfonamides is 1. The maximum atomic E-state index is 14.6. The molecule has 0 saturated carbocycles. The minimum Gasteiger partial charge on any atom is -0.495 e. The fourth-order valence-electron chi connectivity index (χ4n) is 5.01. The number of carbonyl (C=O) groups excluding carboxylic acids is 2. The van der Waals surface area contributed by atoms with Gasteiger partial charge in [-0.15, -0.1) is 0 Å². The molecule has 4 rings (SSSR count). The number of nitrogens with one attached hydrogen (secondary N) is 1. The molecule has 0 fully saturated rings. The van der Waals surface area contributed by atoms with Crippen molar-refractivity contribution in [2.45, 2.75) is 57.1 Å². The number of aryl methyl sites for hydroxylation is 1. The van der Waals surface area contributed by atoms with Crippen LogP contribution in [0.15, 0.2) is 112 Å². The number of halogens is 1. The van der Waals surface area contributed by atoms with Crippen molar-refractivity contribution in [3.05, 3.63) is 124 Å². The first-order valence-electron chi connectivity index (χ1n) is 15.1. The molecular weight excluding hydrogens is 666 g/mol. The highest BCUT2D eigenvalue weighted by Crippen LogP contribution is 2.34. The smallest absolute Gasteiger partial charge is 0.264 e. The third-order valence-electron chi connectivity index (χ3n) is 7.75. The van der Waals surface area contributed by atoms with E-state index in [2.05, 4.69) is 21.2 Å². The van der Waals surface area contributed by atoms with E-state index >= 15 is 0 Å². The van der Waals surface area contributed by atoms with Crippen molar-refractivity contribution in [3.8, 4) is 5.75 Å². The molecule has 10 heteroatoms. The second-order valence-corrected chi connectivity index (χ2v) is 13.9. The molecule has 0 aliphatic heterocycles. The Morgan fingerprint density at radius 3 is 2.13 bits per heavy atom. The third-order valence-corrected chi connectivity index (χ3v) is 10.1. The van der Waals surface area contributed by atoms with Gasteiger partial charge in [-0.05, 0) is 73.4 Å². The van der Waals surface area contributed by atoms with E-state index in [1.54, 1.807) is 30.3 Å². The van der Waals surface area contributed by atoms with E-state index in [0.717, 1.165) is 25.5 Å². The van der Waals surface area contributed by atoms with E-state index in [4.69, 9.17) is 4.74 Å². The van der Waals surface area contributed by atoms with Gasteiger partial charge in [0, 0.05) is 23.5 Å². The van der Waals surface area contributed by atoms with Crippen LogP contribution in [0.1, 0.15) is 37.0 Å². The molecule has 46 heavy (non-hydrogen) atoms. The highest BCUT2D eigenvalue weighted by molar-refractivity contribution is 9.10. The lowest BCUT2D eigenvalue weighted by Crippen LogP contribution is -2.54. The number of anilines is 1. The molecule has 0 bridgehead atoms. The third kappa shape index (κ3) is 8.76. The Kier molecular flexibility index (Phi) is 12.0. The number of carbonyl (C=O) groups is 2. The van der Waals surface area contributed by atoms with Gasteiger partial charge in [-0.2, -0.15) is 0 Å². The predicted molar refractivity (Wildman–Crippen MR) is 185 cm³/mol. The molecular formula is C36H40BrN3O5S. The number of nitrogens with zero attached hydrogens (tertiary/aromatic N) is 2. The molecule has 242 valence electrons. The number of hydrogen-bond acceptors (Lipinski definition) is 5. The fraction of sp³-hybridized carbons (Fsp3) is 0.278. The quantitative estimate of drug-likeness (QED) is 0.161. The molecule has 0 spiro atoms. The maximum Gasteiger partial charge on any atom is 0.264 e. The van der Waals surface area contributed by atoms with Crippen LogP contribution < -0.4 is 14.4 Å². The number of methoxy groups -OCH3 is 1. The van der Waals surface area contributed by atoms with Crippen molar-refractivity contribution >= 4 is 43.5 Å². The van der Waals surface area contributed by atoms with E-state index in [1.165, 1.54) is 24.1 Å². The second kappa shape index (κ2) is 15.9. The molecule has 0 radical (unpaired) electrons. The average Bonchev–Trinajstić information content (AvgIpc) is 3.06. The first-order valence-corrected chi connectivity index (χ1v) is 17.4. The minimum atomic E-state index is -4.24. The van der Waals surface area contributed by atoms with Crippen LogP contribution in [0.2, 0.25) is 0 Å². The van der Waals surface area contributed by atoms with Gasteiger partial charge in [0.15, 0.2) is 0 Å². The van der Waals surface area contributed by atoms with Gasteiger partial charge in [0.05, 0.1) is 17.7 Å². The van der Waals surface area contributed by atoms with Crippen molar-refractivity contribution in [3.63, 3.8) is 0 Å². The number of benzene rings is 4. The molecule has 0 aromatic heterocycles. The lowest BCUT2D eigenvalue weighted by atomic mass is 10.0. The Labute approximate surface area is 280 Å². The monoisotopic (exact) mass is 705 g/mol. The predicted octanol–water partition coefficient (Wildman–Crippen LogP) is 6.52. The first-order chi connectivity index (χ1) is 22.0. The van der Waals surface area contributed by atoms with E-state index in [0.29, 0.717) is 12.2 Å². The summed E-state index contributed by atoms with van der Waals surface area (Å²) in [5.41, 5.74) is 2.68. The summed E-state index contributed by atoms with van der Waals surface area (Å²) in [6.07, 6.45) is 0.950. The normalized spacial score (nSPS) is 12.5. The molecule has 0 saturated heterocycles. The van der Waals surface area contributed by atoms with Crippen molar-refractivity contribution in [1.29, 1.82) is 0 Å². The Morgan fingerprint density at radius 2 is 1.52 bits per heavy atom. The maximum absolute atomic E-state index is 14.6. The van der Waals surface area contributed by atoms with Crippen LogP contribution in [0, 0.1) is 6.92 Å². The van der Waals surface area contributed by atoms with E-state index < -0.39 is 28.5 Å². The lowest BCUT2D eigenvalue weighted by Gasteiger charge is -2.34. The zero-order valence-corrected chi connectivity index (χ0v) is 28.9. The molecule has 4 aromatic carbocycles. The lowest BCUT2D eigenvalue weighted by molar-refractivity contribution is -0.140. The SMILES string of the molecule is CCC(C)NC(=O)C(Cc1ccccc1)N(Cc1ccc(Br)cc1)C(=O)CN(c1cc(C)ccc1OC)S(=O)(=O)c1ccccc1. The molecule has 2 atom stereocenters. The number of hydrogen-bond donors (Lipinski definition) is 1. The van der Waals surface area contributed by atoms with Crippen LogP contribution in [0.4, 0.5) is 5.69 Å². The zero-order chi connectivity index (χ0) is 33.3. The standard InChI is InChI=1S/C36H40BrN3O5S/c1-5-27(3)38-36(42)33(23-28-12-8-6-9-13-28)39(24-29-17-19-30(37)20-18-29)35(41)25-40(32-22-26(2)16-21-34(32)45-4)46(43,44)31-14-10-7-11-15-31/h6-22,27,33H,5,23-25H2,1-4H3,(H,38,42). The number of ether oxygens (including phenoxy) is 1. The number of rotatable bonds is 14. The molecule has 0 aliphatic rings. The first kappa shape index (κ1) is 34.7. The molecule has 4 aromatic rings. The zero-order valence-electron chi connectivity index (χ0n) is 26.5. The van der Waals surface area contributed by atoms with Crippen molar-refractivity contribution in [2.24, 2.45) is 0 Å². The van der Waals surface area contributed by atoms with E-state index in [-0.39, 0.29) is 35.5 Å². The summed E-state index contributed by atoms with van der Waals surface area (Å²) in [7, 11) is -2.78. The summed E-state index contributed by atoms with van der Waals surface area (Å²) in [5, 5.41) is 3.05. The Morgan fingerprint density at radius 1 is 0.891 bits per heavy atom. The van der Waals surface area contributed by atoms with E-state index in [9.17, 15) is 18.0 Å². The van der Waals surface area contributed by atoms with E-state index in [1.807, 2.05) is 81.4 Å². The fourth-order valence-corrected chi connectivity index (χ4v) is 6.71. The molecule has 0 aliphatic carbocycles. The highest BCUT2D eigenvalue weighted by atomic mass is 79.9. The summed E-state index contributed by atoms with van der Waals surface area (Å²) < 4.78 is 36.1. The molecule has 2 unspecified atom stereocenters. The topological polar surface area (TPSA) is 96.0 Å². The molecule has 8 nitrogen and oxygen atoms in total. The average molecular weight is 707 g/mol. The largest absolute Gasteiger partial charge is 0.495 e. The molecule has 2 amide bonds. The van der Waals surface area contributed by atoms with Gasteiger partial charge in [-0.25, -0.2) is 8.42 Å². The van der Waals surface area contributed by atoms with Crippen molar-refractivity contribution < 1.29 is 22.7 Å². The van der Waals surface area contributed by atoms with Crippen LogP contribution in [-0.2, 0) is 32.6 Å². The van der Waals surface area contributed by atoms with Crippen LogP contribution in [0.25, 0.3) is 0 Å². The van der Waals surface area contributed by atoms with Gasteiger partial charge in [0.1, 0.15) is 18.3 Å². The van der Waals surface area contributed by atoms with Gasteiger partial charge in [0.2, 0.25) is 11.8 Å². The summed E-state index contributed by atoms with van der Waals surface area (Å²) in [6, 6.07) is 29.1. The van der Waals surface area contributed by atoms with Gasteiger partial charge in [-0.3, -0.25) is 13.9 Å². The molecule has 1 N–H and O–H groups in total. The van der Waals surface area contributed by atoms with Crippen LogP contribution in [-0.4, -0.2) is 50.9 Å². The second-order valence-electron chi connectivity index (χ2n) is 11.2. The van der Waals surface area contributed by atoms with Crippen LogP contribution >= 0.6 is 15.9 Å². The van der Waals surface area contributed by atoms with Crippen LogP contribution in [0.5, 0.6) is 5.75 Å². The van der Waals surface area contributed by atoms with Gasteiger partial charge in [0.25, 0.3) is 10.0 Å². The highest BCUT2D eigenvalue weighted by Gasteiger charge is 2.35. The number of amides is 2. The van der Waals surface area contributed by atoms with Gasteiger partial charge in [-0.1, -0.05) is 89.6 Å². The summed E-state index contributed by atoms with van der Waals surface area (Å²) >= 11 is 3.46. The van der Waals surface area contributed by atoms with Crippen LogP contribution in [0.3, 0.4) is 0 Å². The minimum absolute atomic E-state index is 0.0289. The van der Waals surface area contributed by atoms with Gasteiger partial charge < -0.3 is 15.0 Å². The molecule has 0 heterocycles. The summed E-state index contributed by atoms with van der Waals surface area (Å²) in [6.45, 7) is 5.25. The summed E-state index contributed by atoms with van der Waals surface area (Å²) in [4.78, 5) is 30.1. The van der Waals surface area contributed by atoms with Crippen molar-refractivity contribution in [1.82, 2.24) is 10.2 Å². The Bertz CT molecular complexity index is 1720. The Hall–Kier alpha value is -4.15. The summed E-state index contributed by atoms with van der Waals surface area (Å²) in [5.74, 6) is -0.548.